The maximum atomic E-state index is 12.0. The molecule has 0 unspecified atom stereocenters. The lowest BCUT2D eigenvalue weighted by Crippen LogP contribution is -2.30. The van der Waals surface area contributed by atoms with Crippen LogP contribution in [-0.2, 0) is 0 Å². The van der Waals surface area contributed by atoms with Crippen LogP contribution in [-0.4, -0.2) is 24.5 Å². The summed E-state index contributed by atoms with van der Waals surface area (Å²) < 4.78 is 0. The van der Waals surface area contributed by atoms with Gasteiger partial charge in [-0.2, -0.15) is 0 Å². The highest BCUT2D eigenvalue weighted by Crippen LogP contribution is 2.47. The van der Waals surface area contributed by atoms with Crippen LogP contribution >= 0.6 is 11.6 Å². The molecule has 4 nitrogen and oxygen atoms in total. The Kier molecular flexibility index (Phi) is 3.76. The molecular formula is C13H18ClN3O. The summed E-state index contributed by atoms with van der Waals surface area (Å²) in [6.07, 6.45) is 3.54. The summed E-state index contributed by atoms with van der Waals surface area (Å²) in [6.45, 7) is 2.92. The van der Waals surface area contributed by atoms with Crippen molar-refractivity contribution in [3.05, 3.63) is 22.8 Å². The highest BCUT2D eigenvalue weighted by molar-refractivity contribution is 6.29. The number of carbonyl (C=O) groups is 1. The highest BCUT2D eigenvalue weighted by atomic mass is 35.5. The van der Waals surface area contributed by atoms with E-state index in [1.165, 1.54) is 12.8 Å². The highest BCUT2D eigenvalue weighted by Gasteiger charge is 2.40. The molecule has 1 fully saturated rings. The van der Waals surface area contributed by atoms with Gasteiger partial charge in [-0.1, -0.05) is 18.5 Å². The van der Waals surface area contributed by atoms with E-state index < -0.39 is 0 Å². The van der Waals surface area contributed by atoms with Gasteiger partial charge in [0, 0.05) is 19.2 Å². The number of nitrogens with zero attached hydrogens (tertiary/aromatic N) is 1. The zero-order chi connectivity index (χ0) is 13.2. The van der Waals surface area contributed by atoms with Gasteiger partial charge in [-0.25, -0.2) is 4.98 Å². The molecule has 98 valence electrons. The van der Waals surface area contributed by atoms with Crippen molar-refractivity contribution in [1.82, 2.24) is 10.3 Å². The van der Waals surface area contributed by atoms with Gasteiger partial charge in [-0.3, -0.25) is 4.79 Å². The van der Waals surface area contributed by atoms with Crippen LogP contribution in [0, 0.1) is 5.41 Å². The summed E-state index contributed by atoms with van der Waals surface area (Å²) in [5.74, 6) is 0.514. The van der Waals surface area contributed by atoms with E-state index in [-0.39, 0.29) is 5.91 Å². The van der Waals surface area contributed by atoms with E-state index >= 15 is 0 Å². The van der Waals surface area contributed by atoms with Gasteiger partial charge >= 0.3 is 0 Å². The zero-order valence-electron chi connectivity index (χ0n) is 10.7. The molecule has 0 aliphatic heterocycles. The molecule has 1 aromatic rings. The van der Waals surface area contributed by atoms with Crippen LogP contribution < -0.4 is 10.6 Å². The Labute approximate surface area is 112 Å². The predicted molar refractivity (Wildman–Crippen MR) is 73.1 cm³/mol. The number of amides is 1. The van der Waals surface area contributed by atoms with Crippen molar-refractivity contribution in [1.29, 1.82) is 0 Å². The average Bonchev–Trinajstić information content (AvgIpc) is 3.16. The van der Waals surface area contributed by atoms with Gasteiger partial charge in [0.2, 0.25) is 0 Å². The molecule has 18 heavy (non-hydrogen) atoms. The molecule has 1 amide bonds. The van der Waals surface area contributed by atoms with Gasteiger partial charge in [0.05, 0.1) is 0 Å². The predicted octanol–water partition coefficient (Wildman–Crippen LogP) is 2.70. The summed E-state index contributed by atoms with van der Waals surface area (Å²) in [6, 6.07) is 3.29. The van der Waals surface area contributed by atoms with E-state index in [0.717, 1.165) is 13.0 Å². The van der Waals surface area contributed by atoms with Crippen molar-refractivity contribution < 1.29 is 4.79 Å². The normalized spacial score (nSPS) is 16.2. The average molecular weight is 268 g/mol. The minimum Gasteiger partial charge on any atom is -0.373 e. The molecule has 1 aliphatic rings. The van der Waals surface area contributed by atoms with Crippen LogP contribution in [0.25, 0.3) is 0 Å². The molecule has 0 atom stereocenters. The van der Waals surface area contributed by atoms with Gasteiger partial charge in [0.1, 0.15) is 11.0 Å². The van der Waals surface area contributed by atoms with E-state index in [2.05, 4.69) is 22.5 Å². The Hall–Kier alpha value is -1.29. The van der Waals surface area contributed by atoms with Gasteiger partial charge in [0.25, 0.3) is 5.91 Å². The first-order valence-electron chi connectivity index (χ1n) is 6.22. The second-order valence-electron chi connectivity index (χ2n) is 4.85. The lowest BCUT2D eigenvalue weighted by Gasteiger charge is -2.13. The van der Waals surface area contributed by atoms with Crippen molar-refractivity contribution in [2.24, 2.45) is 5.41 Å². The summed E-state index contributed by atoms with van der Waals surface area (Å²) in [4.78, 5) is 16.1. The first-order chi connectivity index (χ1) is 8.58. The topological polar surface area (TPSA) is 54.0 Å². The van der Waals surface area contributed by atoms with Crippen molar-refractivity contribution in [2.75, 3.05) is 18.9 Å². The minimum atomic E-state index is -0.0875. The zero-order valence-corrected chi connectivity index (χ0v) is 11.5. The number of rotatable bonds is 5. The van der Waals surface area contributed by atoms with E-state index in [4.69, 9.17) is 11.6 Å². The van der Waals surface area contributed by atoms with Gasteiger partial charge < -0.3 is 10.6 Å². The van der Waals surface area contributed by atoms with Crippen molar-refractivity contribution in [2.45, 2.75) is 26.2 Å². The quantitative estimate of drug-likeness (QED) is 0.807. The summed E-state index contributed by atoms with van der Waals surface area (Å²) in [5.41, 5.74) is 0.893. The molecule has 5 heteroatoms. The molecule has 0 saturated heterocycles. The van der Waals surface area contributed by atoms with E-state index in [0.29, 0.717) is 21.9 Å². The maximum absolute atomic E-state index is 12.0. The number of hydrogen-bond acceptors (Lipinski definition) is 3. The summed E-state index contributed by atoms with van der Waals surface area (Å²) in [5, 5.41) is 6.18. The van der Waals surface area contributed by atoms with E-state index in [1.807, 2.05) is 0 Å². The smallest absolute Gasteiger partial charge is 0.251 e. The molecule has 1 aliphatic carbocycles. The molecule has 1 heterocycles. The number of halogens is 1. The molecule has 1 aromatic heterocycles. The van der Waals surface area contributed by atoms with Crippen LogP contribution in [0.3, 0.4) is 0 Å². The van der Waals surface area contributed by atoms with Crippen LogP contribution in [0.5, 0.6) is 0 Å². The van der Waals surface area contributed by atoms with Crippen molar-refractivity contribution in [3.8, 4) is 0 Å². The van der Waals surface area contributed by atoms with Gasteiger partial charge in [-0.05, 0) is 36.8 Å². The van der Waals surface area contributed by atoms with Gasteiger partial charge in [-0.15, -0.1) is 0 Å². The first kappa shape index (κ1) is 13.1. The fourth-order valence-electron chi connectivity index (χ4n) is 1.96. The monoisotopic (exact) mass is 267 g/mol. The Balaban J connectivity index is 2.02. The van der Waals surface area contributed by atoms with Crippen molar-refractivity contribution in [3.63, 3.8) is 0 Å². The SMILES string of the molecule is CCC1(CNC(=O)c2cc(Cl)nc(NC)c2)CC1. The molecule has 2 rings (SSSR count). The molecule has 0 radical (unpaired) electrons. The third-order valence-electron chi connectivity index (χ3n) is 3.64. The van der Waals surface area contributed by atoms with Crippen LogP contribution in [0.2, 0.25) is 5.15 Å². The molecule has 1 saturated carbocycles. The number of pyridine rings is 1. The summed E-state index contributed by atoms with van der Waals surface area (Å²) >= 11 is 5.87. The van der Waals surface area contributed by atoms with E-state index in [9.17, 15) is 4.79 Å². The molecule has 0 aromatic carbocycles. The van der Waals surface area contributed by atoms with Crippen molar-refractivity contribution >= 4 is 23.3 Å². The Bertz CT molecular complexity index is 458. The minimum absolute atomic E-state index is 0.0875. The fourth-order valence-corrected chi connectivity index (χ4v) is 2.17. The molecular weight excluding hydrogens is 250 g/mol. The number of carbonyl (C=O) groups excluding carboxylic acids is 1. The molecule has 2 N–H and O–H groups in total. The lowest BCUT2D eigenvalue weighted by atomic mass is 10.0. The van der Waals surface area contributed by atoms with Gasteiger partial charge in [0.15, 0.2) is 0 Å². The summed E-state index contributed by atoms with van der Waals surface area (Å²) in [7, 11) is 1.75. The standard InChI is InChI=1S/C13H18ClN3O/c1-3-13(4-5-13)8-16-12(18)9-6-10(14)17-11(7-9)15-2/h6-7H,3-5,8H2,1-2H3,(H,15,17)(H,16,18). The Morgan fingerprint density at radius 1 is 1.50 bits per heavy atom. The Morgan fingerprint density at radius 2 is 2.22 bits per heavy atom. The van der Waals surface area contributed by atoms with Crippen LogP contribution in [0.15, 0.2) is 12.1 Å². The number of nitrogens with one attached hydrogen (secondary N) is 2. The van der Waals surface area contributed by atoms with E-state index in [1.54, 1.807) is 19.2 Å². The first-order valence-corrected chi connectivity index (χ1v) is 6.60. The largest absolute Gasteiger partial charge is 0.373 e. The molecule has 0 bridgehead atoms. The number of hydrogen-bond donors (Lipinski definition) is 2. The van der Waals surface area contributed by atoms with Crippen LogP contribution in [0.4, 0.5) is 5.82 Å². The fraction of sp³-hybridized carbons (Fsp3) is 0.538. The number of anilines is 1. The second-order valence-corrected chi connectivity index (χ2v) is 5.24. The second kappa shape index (κ2) is 5.14. The Morgan fingerprint density at radius 3 is 2.78 bits per heavy atom. The lowest BCUT2D eigenvalue weighted by molar-refractivity contribution is 0.0944. The molecule has 0 spiro atoms. The third kappa shape index (κ3) is 2.93. The number of aromatic nitrogens is 1. The maximum Gasteiger partial charge on any atom is 0.251 e. The van der Waals surface area contributed by atoms with Crippen LogP contribution in [0.1, 0.15) is 36.5 Å². The third-order valence-corrected chi connectivity index (χ3v) is 3.84.